The zero-order valence-corrected chi connectivity index (χ0v) is 10.8. The SMILES string of the molecule is Nc1ccccc1Nc1nc(Cl)nc2ccsc12. The van der Waals surface area contributed by atoms with Gasteiger partial charge in [0.15, 0.2) is 5.82 Å². The molecular formula is C12H9ClN4S. The van der Waals surface area contributed by atoms with Crippen LogP contribution in [0, 0.1) is 0 Å². The van der Waals surface area contributed by atoms with Gasteiger partial charge in [0.05, 0.1) is 21.6 Å². The molecule has 0 saturated heterocycles. The third kappa shape index (κ3) is 1.98. The molecule has 0 aliphatic carbocycles. The summed E-state index contributed by atoms with van der Waals surface area (Å²) in [6.45, 7) is 0. The van der Waals surface area contributed by atoms with E-state index in [9.17, 15) is 0 Å². The highest BCUT2D eigenvalue weighted by Gasteiger charge is 2.09. The molecule has 0 aliphatic rings. The molecule has 90 valence electrons. The fraction of sp³-hybridized carbons (Fsp3) is 0. The van der Waals surface area contributed by atoms with E-state index in [1.54, 1.807) is 11.3 Å². The van der Waals surface area contributed by atoms with Crippen molar-refractivity contribution in [1.29, 1.82) is 0 Å². The van der Waals surface area contributed by atoms with Gasteiger partial charge in [-0.3, -0.25) is 0 Å². The van der Waals surface area contributed by atoms with Gasteiger partial charge in [-0.15, -0.1) is 11.3 Å². The summed E-state index contributed by atoms with van der Waals surface area (Å²) in [6.07, 6.45) is 0. The molecule has 0 bridgehead atoms. The van der Waals surface area contributed by atoms with Crippen molar-refractivity contribution in [3.05, 3.63) is 41.0 Å². The molecule has 6 heteroatoms. The molecular weight excluding hydrogens is 268 g/mol. The van der Waals surface area contributed by atoms with Crippen molar-refractivity contribution in [1.82, 2.24) is 9.97 Å². The highest BCUT2D eigenvalue weighted by atomic mass is 35.5. The number of hydrogen-bond donors (Lipinski definition) is 2. The number of benzene rings is 1. The molecule has 0 spiro atoms. The van der Waals surface area contributed by atoms with Gasteiger partial charge in [-0.2, -0.15) is 4.98 Å². The summed E-state index contributed by atoms with van der Waals surface area (Å²) in [4.78, 5) is 8.36. The maximum Gasteiger partial charge on any atom is 0.224 e. The van der Waals surface area contributed by atoms with Gasteiger partial charge >= 0.3 is 0 Å². The maximum atomic E-state index is 5.90. The van der Waals surface area contributed by atoms with Gasteiger partial charge in [0.25, 0.3) is 0 Å². The highest BCUT2D eigenvalue weighted by molar-refractivity contribution is 7.17. The lowest BCUT2D eigenvalue weighted by molar-refractivity contribution is 1.23. The smallest absolute Gasteiger partial charge is 0.224 e. The summed E-state index contributed by atoms with van der Waals surface area (Å²) in [5.74, 6) is 0.679. The van der Waals surface area contributed by atoms with E-state index in [0.29, 0.717) is 11.5 Å². The third-order valence-electron chi connectivity index (χ3n) is 2.49. The Morgan fingerprint density at radius 2 is 2.00 bits per heavy atom. The van der Waals surface area contributed by atoms with E-state index in [4.69, 9.17) is 17.3 Å². The second-order valence-corrected chi connectivity index (χ2v) is 4.94. The van der Waals surface area contributed by atoms with Gasteiger partial charge in [0, 0.05) is 0 Å². The molecule has 0 saturated carbocycles. The Balaban J connectivity index is 2.10. The minimum absolute atomic E-state index is 0.220. The monoisotopic (exact) mass is 276 g/mol. The van der Waals surface area contributed by atoms with Crippen molar-refractivity contribution >= 4 is 50.3 Å². The second kappa shape index (κ2) is 4.44. The Morgan fingerprint density at radius 1 is 1.17 bits per heavy atom. The topological polar surface area (TPSA) is 63.8 Å². The number of fused-ring (bicyclic) bond motifs is 1. The second-order valence-electron chi connectivity index (χ2n) is 3.69. The fourth-order valence-electron chi connectivity index (χ4n) is 1.66. The van der Waals surface area contributed by atoms with Gasteiger partial charge in [-0.1, -0.05) is 12.1 Å². The summed E-state index contributed by atoms with van der Waals surface area (Å²) in [5, 5.41) is 5.37. The normalized spacial score (nSPS) is 10.7. The molecule has 0 atom stereocenters. The predicted octanol–water partition coefficient (Wildman–Crippen LogP) is 3.67. The first kappa shape index (κ1) is 11.3. The molecule has 0 radical (unpaired) electrons. The predicted molar refractivity (Wildman–Crippen MR) is 76.6 cm³/mol. The lowest BCUT2D eigenvalue weighted by atomic mass is 10.2. The largest absolute Gasteiger partial charge is 0.397 e. The first-order valence-corrected chi connectivity index (χ1v) is 6.52. The summed E-state index contributed by atoms with van der Waals surface area (Å²) in [7, 11) is 0. The van der Waals surface area contributed by atoms with Crippen LogP contribution in [0.1, 0.15) is 0 Å². The fourth-order valence-corrected chi connectivity index (χ4v) is 2.61. The van der Waals surface area contributed by atoms with Crippen molar-refractivity contribution < 1.29 is 0 Å². The van der Waals surface area contributed by atoms with Crippen molar-refractivity contribution in [2.75, 3.05) is 11.1 Å². The molecule has 0 aliphatic heterocycles. The standard InChI is InChI=1S/C12H9ClN4S/c13-12-16-9-5-6-18-10(9)11(17-12)15-8-4-2-1-3-7(8)14/h1-6H,14H2,(H,15,16,17). The zero-order chi connectivity index (χ0) is 12.5. The Kier molecular flexibility index (Phi) is 2.77. The highest BCUT2D eigenvalue weighted by Crippen LogP contribution is 2.30. The van der Waals surface area contributed by atoms with Gasteiger partial charge in [0.2, 0.25) is 5.28 Å². The van der Waals surface area contributed by atoms with E-state index >= 15 is 0 Å². The van der Waals surface area contributed by atoms with Crippen molar-refractivity contribution in [3.63, 3.8) is 0 Å². The Bertz CT molecular complexity index is 710. The van der Waals surface area contributed by atoms with E-state index in [-0.39, 0.29) is 5.28 Å². The number of nitrogens with two attached hydrogens (primary N) is 1. The van der Waals surface area contributed by atoms with Crippen molar-refractivity contribution in [3.8, 4) is 0 Å². The minimum atomic E-state index is 0.220. The number of hydrogen-bond acceptors (Lipinski definition) is 5. The molecule has 1 aromatic carbocycles. The van der Waals surface area contributed by atoms with Crippen molar-refractivity contribution in [2.45, 2.75) is 0 Å². The zero-order valence-electron chi connectivity index (χ0n) is 9.22. The lowest BCUT2D eigenvalue weighted by Crippen LogP contribution is -1.98. The molecule has 3 N–H and O–H groups in total. The Morgan fingerprint density at radius 3 is 2.83 bits per heavy atom. The van der Waals surface area contributed by atoms with Gasteiger partial charge in [-0.25, -0.2) is 4.98 Å². The average Bonchev–Trinajstić information content (AvgIpc) is 2.80. The molecule has 3 rings (SSSR count). The van der Waals surface area contributed by atoms with Crippen LogP contribution in [-0.2, 0) is 0 Å². The Hall–Kier alpha value is -1.85. The van der Waals surface area contributed by atoms with Crippen LogP contribution < -0.4 is 11.1 Å². The number of halogens is 1. The summed E-state index contributed by atoms with van der Waals surface area (Å²) >= 11 is 7.46. The number of nitrogens with zero attached hydrogens (tertiary/aromatic N) is 2. The van der Waals surface area contributed by atoms with Crippen LogP contribution in [0.2, 0.25) is 5.28 Å². The number of nitrogens with one attached hydrogen (secondary N) is 1. The van der Waals surface area contributed by atoms with Crippen molar-refractivity contribution in [2.24, 2.45) is 0 Å². The molecule has 2 aromatic heterocycles. The van der Waals surface area contributed by atoms with E-state index in [0.717, 1.165) is 15.9 Å². The van der Waals surface area contributed by atoms with Crippen LogP contribution in [0.15, 0.2) is 35.7 Å². The molecule has 3 aromatic rings. The van der Waals surface area contributed by atoms with Gasteiger partial charge in [-0.05, 0) is 35.2 Å². The lowest BCUT2D eigenvalue weighted by Gasteiger charge is -2.09. The molecule has 0 fully saturated rings. The van der Waals surface area contributed by atoms with Crippen LogP contribution in [-0.4, -0.2) is 9.97 Å². The van der Waals surface area contributed by atoms with Crippen LogP contribution in [0.4, 0.5) is 17.2 Å². The quantitative estimate of drug-likeness (QED) is 0.554. The molecule has 2 heterocycles. The van der Waals surface area contributed by atoms with E-state index < -0.39 is 0 Å². The van der Waals surface area contributed by atoms with Gasteiger partial charge < -0.3 is 11.1 Å². The van der Waals surface area contributed by atoms with Gasteiger partial charge in [0.1, 0.15) is 0 Å². The van der Waals surface area contributed by atoms with E-state index in [1.807, 2.05) is 35.7 Å². The van der Waals surface area contributed by atoms with E-state index in [1.165, 1.54) is 0 Å². The van der Waals surface area contributed by atoms with Crippen LogP contribution >= 0.6 is 22.9 Å². The number of para-hydroxylation sites is 2. The first-order valence-electron chi connectivity index (χ1n) is 5.26. The van der Waals surface area contributed by atoms with Crippen LogP contribution in [0.5, 0.6) is 0 Å². The minimum Gasteiger partial charge on any atom is -0.397 e. The summed E-state index contributed by atoms with van der Waals surface area (Å²) in [5.41, 5.74) is 8.19. The molecule has 0 unspecified atom stereocenters. The van der Waals surface area contributed by atoms with Crippen LogP contribution in [0.25, 0.3) is 10.2 Å². The molecule has 0 amide bonds. The van der Waals surface area contributed by atoms with Crippen LogP contribution in [0.3, 0.4) is 0 Å². The number of thiophene rings is 1. The number of rotatable bonds is 2. The summed E-state index contributed by atoms with van der Waals surface area (Å²) < 4.78 is 0.961. The number of anilines is 3. The maximum absolute atomic E-state index is 5.90. The molecule has 18 heavy (non-hydrogen) atoms. The Labute approximate surface area is 112 Å². The first-order chi connectivity index (χ1) is 8.74. The number of aromatic nitrogens is 2. The van der Waals surface area contributed by atoms with E-state index in [2.05, 4.69) is 15.3 Å². The number of nitrogen functional groups attached to an aromatic ring is 1. The third-order valence-corrected chi connectivity index (χ3v) is 3.57. The summed E-state index contributed by atoms with van der Waals surface area (Å²) in [6, 6.07) is 9.43. The molecule has 4 nitrogen and oxygen atoms in total. The average molecular weight is 277 g/mol.